The predicted octanol–water partition coefficient (Wildman–Crippen LogP) is 0.439. The number of hydrogen-bond donors (Lipinski definition) is 2. The van der Waals surface area contributed by atoms with Crippen LogP contribution < -0.4 is 5.73 Å². The van der Waals surface area contributed by atoms with Crippen molar-refractivity contribution in [3.05, 3.63) is 0 Å². The van der Waals surface area contributed by atoms with E-state index >= 15 is 0 Å². The van der Waals surface area contributed by atoms with Crippen LogP contribution in [0.4, 0.5) is 0 Å². The first-order valence-electron chi connectivity index (χ1n) is 6.31. The highest BCUT2D eigenvalue weighted by molar-refractivity contribution is 5.84. The number of piperidine rings is 1. The molecular weight excluding hydrogens is 220 g/mol. The lowest BCUT2D eigenvalue weighted by atomic mass is 9.67. The molecule has 2 fully saturated rings. The Kier molecular flexibility index (Phi) is 3.38. The highest BCUT2D eigenvalue weighted by Gasteiger charge is 2.46. The van der Waals surface area contributed by atoms with Crippen LogP contribution in [0.25, 0.3) is 0 Å². The van der Waals surface area contributed by atoms with Crippen LogP contribution in [0.3, 0.4) is 0 Å². The first-order valence-corrected chi connectivity index (χ1v) is 6.31. The molecule has 1 saturated heterocycles. The Morgan fingerprint density at radius 1 is 1.35 bits per heavy atom. The van der Waals surface area contributed by atoms with Crippen LogP contribution >= 0.6 is 0 Å². The molecule has 1 atom stereocenters. The van der Waals surface area contributed by atoms with Crippen molar-refractivity contribution in [1.29, 1.82) is 0 Å². The van der Waals surface area contributed by atoms with Gasteiger partial charge in [-0.1, -0.05) is 6.42 Å². The molecule has 5 heteroatoms. The van der Waals surface area contributed by atoms with Gasteiger partial charge in [0.1, 0.15) is 0 Å². The molecule has 5 nitrogen and oxygen atoms in total. The SMILES string of the molecule is NCC1(C(=O)N2CCC[C@H](C(=O)O)C2)CCC1. The zero-order chi connectivity index (χ0) is 12.5. The first kappa shape index (κ1) is 12.4. The smallest absolute Gasteiger partial charge is 0.308 e. The van der Waals surface area contributed by atoms with Crippen molar-refractivity contribution in [3.63, 3.8) is 0 Å². The van der Waals surface area contributed by atoms with E-state index in [-0.39, 0.29) is 11.3 Å². The minimum Gasteiger partial charge on any atom is -0.481 e. The first-order chi connectivity index (χ1) is 8.09. The van der Waals surface area contributed by atoms with E-state index in [1.807, 2.05) is 0 Å². The molecule has 1 aliphatic heterocycles. The van der Waals surface area contributed by atoms with Gasteiger partial charge in [0, 0.05) is 19.6 Å². The van der Waals surface area contributed by atoms with Gasteiger partial charge in [0.15, 0.2) is 0 Å². The van der Waals surface area contributed by atoms with Gasteiger partial charge in [-0.05, 0) is 25.7 Å². The number of likely N-dealkylation sites (tertiary alicyclic amines) is 1. The fourth-order valence-electron chi connectivity index (χ4n) is 2.81. The molecule has 3 N–H and O–H groups in total. The van der Waals surface area contributed by atoms with Gasteiger partial charge in [0.05, 0.1) is 11.3 Å². The van der Waals surface area contributed by atoms with E-state index < -0.39 is 11.9 Å². The molecule has 1 amide bonds. The maximum Gasteiger partial charge on any atom is 0.308 e. The summed E-state index contributed by atoms with van der Waals surface area (Å²) in [4.78, 5) is 25.0. The maximum absolute atomic E-state index is 12.4. The lowest BCUT2D eigenvalue weighted by Gasteiger charge is -2.44. The zero-order valence-corrected chi connectivity index (χ0v) is 10.0. The van der Waals surface area contributed by atoms with Gasteiger partial charge >= 0.3 is 5.97 Å². The van der Waals surface area contributed by atoms with E-state index in [9.17, 15) is 9.59 Å². The molecule has 0 radical (unpaired) electrons. The Morgan fingerprint density at radius 3 is 2.53 bits per heavy atom. The van der Waals surface area contributed by atoms with E-state index in [1.54, 1.807) is 4.90 Å². The van der Waals surface area contributed by atoms with Crippen molar-refractivity contribution >= 4 is 11.9 Å². The van der Waals surface area contributed by atoms with Gasteiger partial charge in [-0.2, -0.15) is 0 Å². The second kappa shape index (κ2) is 4.64. The summed E-state index contributed by atoms with van der Waals surface area (Å²) < 4.78 is 0. The maximum atomic E-state index is 12.4. The van der Waals surface area contributed by atoms with Gasteiger partial charge < -0.3 is 15.7 Å². The van der Waals surface area contributed by atoms with Crippen LogP contribution in [-0.2, 0) is 9.59 Å². The highest BCUT2D eigenvalue weighted by Crippen LogP contribution is 2.42. The minimum absolute atomic E-state index is 0.0807. The van der Waals surface area contributed by atoms with Crippen LogP contribution in [0.15, 0.2) is 0 Å². The predicted molar refractivity (Wildman–Crippen MR) is 62.3 cm³/mol. The summed E-state index contributed by atoms with van der Waals surface area (Å²) in [5.74, 6) is -1.11. The Bertz CT molecular complexity index is 320. The van der Waals surface area contributed by atoms with Crippen molar-refractivity contribution in [1.82, 2.24) is 4.90 Å². The second-order valence-corrected chi connectivity index (χ2v) is 5.27. The minimum atomic E-state index is -0.794. The lowest BCUT2D eigenvalue weighted by Crippen LogP contribution is -2.54. The van der Waals surface area contributed by atoms with E-state index in [4.69, 9.17) is 10.8 Å². The highest BCUT2D eigenvalue weighted by atomic mass is 16.4. The fraction of sp³-hybridized carbons (Fsp3) is 0.833. The Morgan fingerprint density at radius 2 is 2.06 bits per heavy atom. The van der Waals surface area contributed by atoms with Crippen LogP contribution in [0.2, 0.25) is 0 Å². The second-order valence-electron chi connectivity index (χ2n) is 5.27. The molecule has 0 aromatic carbocycles. The fourth-order valence-corrected chi connectivity index (χ4v) is 2.81. The van der Waals surface area contributed by atoms with Crippen molar-refractivity contribution in [2.45, 2.75) is 32.1 Å². The number of carbonyl (C=O) groups excluding carboxylic acids is 1. The van der Waals surface area contributed by atoms with Crippen LogP contribution in [0.5, 0.6) is 0 Å². The summed E-state index contributed by atoms with van der Waals surface area (Å²) in [6.45, 7) is 1.43. The molecule has 17 heavy (non-hydrogen) atoms. The molecule has 0 unspecified atom stereocenters. The average Bonchev–Trinajstić information content (AvgIpc) is 2.28. The molecule has 0 aromatic heterocycles. The number of carboxylic acids is 1. The van der Waals surface area contributed by atoms with Crippen LogP contribution in [-0.4, -0.2) is 41.5 Å². The van der Waals surface area contributed by atoms with Crippen LogP contribution in [0, 0.1) is 11.3 Å². The molecular formula is C12H20N2O3. The van der Waals surface area contributed by atoms with Gasteiger partial charge in [0.2, 0.25) is 5.91 Å². The van der Waals surface area contributed by atoms with Crippen molar-refractivity contribution < 1.29 is 14.7 Å². The molecule has 0 bridgehead atoms. The Balaban J connectivity index is 2.02. The number of nitrogens with two attached hydrogens (primary N) is 1. The summed E-state index contributed by atoms with van der Waals surface area (Å²) >= 11 is 0. The zero-order valence-electron chi connectivity index (χ0n) is 10.0. The van der Waals surface area contributed by atoms with E-state index in [0.717, 1.165) is 25.7 Å². The molecule has 1 saturated carbocycles. The third-order valence-corrected chi connectivity index (χ3v) is 4.21. The van der Waals surface area contributed by atoms with E-state index in [1.165, 1.54) is 0 Å². The van der Waals surface area contributed by atoms with E-state index in [0.29, 0.717) is 26.1 Å². The molecule has 1 heterocycles. The summed E-state index contributed by atoms with van der Waals surface area (Å²) in [5.41, 5.74) is 5.33. The summed E-state index contributed by atoms with van der Waals surface area (Å²) in [6, 6.07) is 0. The third-order valence-electron chi connectivity index (χ3n) is 4.21. The standard InChI is InChI=1S/C12H20N2O3/c13-8-12(4-2-5-12)11(17)14-6-1-3-9(7-14)10(15)16/h9H,1-8,13H2,(H,15,16)/t9-/m0/s1. The Labute approximate surface area is 101 Å². The van der Waals surface area contributed by atoms with Crippen LogP contribution in [0.1, 0.15) is 32.1 Å². The lowest BCUT2D eigenvalue weighted by molar-refractivity contribution is -0.152. The number of amides is 1. The normalized spacial score (nSPS) is 27.4. The number of hydrogen-bond acceptors (Lipinski definition) is 3. The number of carbonyl (C=O) groups is 2. The number of nitrogens with zero attached hydrogens (tertiary/aromatic N) is 1. The monoisotopic (exact) mass is 240 g/mol. The summed E-state index contributed by atoms with van der Waals surface area (Å²) in [6.07, 6.45) is 4.23. The Hall–Kier alpha value is -1.10. The average molecular weight is 240 g/mol. The van der Waals surface area contributed by atoms with E-state index in [2.05, 4.69) is 0 Å². The quantitative estimate of drug-likeness (QED) is 0.749. The van der Waals surface area contributed by atoms with Crippen molar-refractivity contribution in [2.24, 2.45) is 17.1 Å². The van der Waals surface area contributed by atoms with Gasteiger partial charge in [-0.15, -0.1) is 0 Å². The summed E-state index contributed by atoms with van der Waals surface area (Å²) in [7, 11) is 0. The molecule has 96 valence electrons. The molecule has 0 aromatic rings. The van der Waals surface area contributed by atoms with Gasteiger partial charge in [-0.3, -0.25) is 9.59 Å². The number of aliphatic carboxylic acids is 1. The third kappa shape index (κ3) is 2.16. The van der Waals surface area contributed by atoms with Crippen molar-refractivity contribution in [2.75, 3.05) is 19.6 Å². The van der Waals surface area contributed by atoms with Gasteiger partial charge in [0.25, 0.3) is 0 Å². The number of carboxylic acid groups (broad SMARTS) is 1. The van der Waals surface area contributed by atoms with Gasteiger partial charge in [-0.25, -0.2) is 0 Å². The summed E-state index contributed by atoms with van der Waals surface area (Å²) in [5, 5.41) is 9.01. The topological polar surface area (TPSA) is 83.6 Å². The molecule has 0 spiro atoms. The molecule has 2 aliphatic rings. The molecule has 2 rings (SSSR count). The molecule has 1 aliphatic carbocycles. The largest absolute Gasteiger partial charge is 0.481 e. The number of rotatable bonds is 3. The van der Waals surface area contributed by atoms with Crippen molar-refractivity contribution in [3.8, 4) is 0 Å².